The van der Waals surface area contributed by atoms with Gasteiger partial charge in [0.1, 0.15) is 0 Å². The maximum absolute atomic E-state index is 11.1. The Morgan fingerprint density at radius 3 is 2.71 bits per heavy atom. The molecule has 1 aromatic carbocycles. The quantitative estimate of drug-likeness (QED) is 0.682. The highest BCUT2D eigenvalue weighted by molar-refractivity contribution is 5.60. The molecule has 1 aliphatic rings. The van der Waals surface area contributed by atoms with Gasteiger partial charge in [0.2, 0.25) is 0 Å². The van der Waals surface area contributed by atoms with E-state index in [0.717, 1.165) is 24.3 Å². The van der Waals surface area contributed by atoms with Crippen LogP contribution in [0.2, 0.25) is 0 Å². The van der Waals surface area contributed by atoms with Crippen molar-refractivity contribution in [3.8, 4) is 0 Å². The lowest BCUT2D eigenvalue weighted by atomic mass is 9.91. The molecular formula is C16H25N3O2. The second-order valence-corrected chi connectivity index (χ2v) is 6.31. The number of hydrogen-bond acceptors (Lipinski definition) is 4. The van der Waals surface area contributed by atoms with Crippen molar-refractivity contribution >= 4 is 11.4 Å². The zero-order valence-electron chi connectivity index (χ0n) is 13.3. The molecule has 0 bridgehead atoms. The molecule has 0 spiro atoms. The molecule has 0 saturated carbocycles. The van der Waals surface area contributed by atoms with Crippen LogP contribution in [0.25, 0.3) is 0 Å². The smallest absolute Gasteiger partial charge is 0.274 e. The zero-order valence-corrected chi connectivity index (χ0v) is 13.3. The molecule has 1 saturated heterocycles. The van der Waals surface area contributed by atoms with E-state index >= 15 is 0 Å². The Morgan fingerprint density at radius 1 is 1.38 bits per heavy atom. The van der Waals surface area contributed by atoms with Gasteiger partial charge in [0.05, 0.1) is 4.92 Å². The molecule has 21 heavy (non-hydrogen) atoms. The summed E-state index contributed by atoms with van der Waals surface area (Å²) in [5.74, 6) is 0.587. The summed E-state index contributed by atoms with van der Waals surface area (Å²) < 4.78 is 0. The van der Waals surface area contributed by atoms with Crippen LogP contribution in [0.5, 0.6) is 0 Å². The lowest BCUT2D eigenvalue weighted by Crippen LogP contribution is -2.40. The van der Waals surface area contributed by atoms with Crippen LogP contribution >= 0.6 is 0 Å². The number of rotatable bonds is 4. The van der Waals surface area contributed by atoms with E-state index in [1.165, 1.54) is 12.8 Å². The first-order valence-corrected chi connectivity index (χ1v) is 7.59. The number of benzene rings is 1. The molecule has 0 aliphatic carbocycles. The van der Waals surface area contributed by atoms with Crippen LogP contribution in [0, 0.1) is 29.9 Å². The summed E-state index contributed by atoms with van der Waals surface area (Å²) in [6.45, 7) is 8.21. The van der Waals surface area contributed by atoms with E-state index in [1.54, 1.807) is 13.0 Å². The summed E-state index contributed by atoms with van der Waals surface area (Å²) in [6, 6.07) is 3.88. The second-order valence-electron chi connectivity index (χ2n) is 6.31. The number of aryl methyl sites for hydroxylation is 2. The van der Waals surface area contributed by atoms with Gasteiger partial charge in [0.25, 0.3) is 5.69 Å². The number of anilines is 1. The third-order valence-corrected chi connectivity index (χ3v) is 4.49. The summed E-state index contributed by atoms with van der Waals surface area (Å²) in [4.78, 5) is 13.1. The lowest BCUT2D eigenvalue weighted by Gasteiger charge is -2.34. The third-order valence-electron chi connectivity index (χ3n) is 4.49. The predicted octanol–water partition coefficient (Wildman–Crippen LogP) is 3.35. The second kappa shape index (κ2) is 6.43. The van der Waals surface area contributed by atoms with Gasteiger partial charge in [-0.25, -0.2) is 0 Å². The van der Waals surface area contributed by atoms with Crippen molar-refractivity contribution in [2.45, 2.75) is 39.7 Å². The van der Waals surface area contributed by atoms with Crippen molar-refractivity contribution in [2.75, 3.05) is 25.5 Å². The Morgan fingerprint density at radius 2 is 2.10 bits per heavy atom. The summed E-state index contributed by atoms with van der Waals surface area (Å²) in [7, 11) is 2.15. The predicted molar refractivity (Wildman–Crippen MR) is 85.9 cm³/mol. The molecule has 0 aromatic heterocycles. The first-order chi connectivity index (χ1) is 9.88. The van der Waals surface area contributed by atoms with Crippen LogP contribution in [-0.2, 0) is 0 Å². The molecule has 1 heterocycles. The molecule has 5 nitrogen and oxygen atoms in total. The molecule has 2 rings (SSSR count). The molecule has 2 atom stereocenters. The average Bonchev–Trinajstić information content (AvgIpc) is 2.41. The maximum Gasteiger partial charge on any atom is 0.274 e. The minimum atomic E-state index is -0.307. The highest BCUT2D eigenvalue weighted by atomic mass is 16.6. The average molecular weight is 291 g/mol. The van der Waals surface area contributed by atoms with Gasteiger partial charge >= 0.3 is 0 Å². The number of piperidine rings is 1. The highest BCUT2D eigenvalue weighted by Gasteiger charge is 2.23. The van der Waals surface area contributed by atoms with E-state index in [9.17, 15) is 10.1 Å². The Bertz CT molecular complexity index is 530. The molecule has 116 valence electrons. The Labute approximate surface area is 126 Å². The first-order valence-electron chi connectivity index (χ1n) is 7.59. The normalized spacial score (nSPS) is 21.0. The van der Waals surface area contributed by atoms with Gasteiger partial charge in [-0.3, -0.25) is 10.1 Å². The van der Waals surface area contributed by atoms with Gasteiger partial charge in [0, 0.05) is 29.9 Å². The summed E-state index contributed by atoms with van der Waals surface area (Å²) in [6.07, 6.45) is 2.44. The maximum atomic E-state index is 11.1. The molecule has 0 amide bonds. The van der Waals surface area contributed by atoms with Crippen molar-refractivity contribution in [1.29, 1.82) is 0 Å². The fourth-order valence-corrected chi connectivity index (χ4v) is 3.17. The van der Waals surface area contributed by atoms with Gasteiger partial charge in [0.15, 0.2) is 0 Å². The SMILES string of the molecule is Cc1cc(C)c([N+](=O)[O-])cc1NC(C)C1CCCN(C)C1. The van der Waals surface area contributed by atoms with Gasteiger partial charge in [-0.15, -0.1) is 0 Å². The molecule has 2 unspecified atom stereocenters. The van der Waals surface area contributed by atoms with E-state index in [-0.39, 0.29) is 10.6 Å². The van der Waals surface area contributed by atoms with E-state index in [4.69, 9.17) is 0 Å². The molecule has 0 radical (unpaired) electrons. The summed E-state index contributed by atoms with van der Waals surface area (Å²) in [5.41, 5.74) is 2.85. The third kappa shape index (κ3) is 3.73. The summed E-state index contributed by atoms with van der Waals surface area (Å²) in [5, 5.41) is 14.6. The Hall–Kier alpha value is -1.62. The van der Waals surface area contributed by atoms with Crippen LogP contribution in [0.1, 0.15) is 30.9 Å². The Balaban J connectivity index is 2.15. The Kier molecular flexibility index (Phi) is 4.83. The van der Waals surface area contributed by atoms with Gasteiger partial charge < -0.3 is 10.2 Å². The van der Waals surface area contributed by atoms with E-state index in [1.807, 2.05) is 13.0 Å². The van der Waals surface area contributed by atoms with Crippen molar-refractivity contribution < 1.29 is 4.92 Å². The molecule has 1 aliphatic heterocycles. The van der Waals surface area contributed by atoms with E-state index < -0.39 is 0 Å². The van der Waals surface area contributed by atoms with Gasteiger partial charge in [-0.05, 0) is 64.8 Å². The molecule has 1 N–H and O–H groups in total. The van der Waals surface area contributed by atoms with Gasteiger partial charge in [-0.2, -0.15) is 0 Å². The lowest BCUT2D eigenvalue weighted by molar-refractivity contribution is -0.385. The van der Waals surface area contributed by atoms with Crippen LogP contribution < -0.4 is 5.32 Å². The number of nitro benzene ring substituents is 1. The highest BCUT2D eigenvalue weighted by Crippen LogP contribution is 2.28. The van der Waals surface area contributed by atoms with Crippen molar-refractivity contribution in [3.63, 3.8) is 0 Å². The summed E-state index contributed by atoms with van der Waals surface area (Å²) >= 11 is 0. The fourth-order valence-electron chi connectivity index (χ4n) is 3.17. The van der Waals surface area contributed by atoms with Crippen LogP contribution in [0.15, 0.2) is 12.1 Å². The molecular weight excluding hydrogens is 266 g/mol. The van der Waals surface area contributed by atoms with Crippen LogP contribution in [0.4, 0.5) is 11.4 Å². The molecule has 1 fully saturated rings. The minimum Gasteiger partial charge on any atom is -0.382 e. The number of likely N-dealkylation sites (tertiary alicyclic amines) is 1. The van der Waals surface area contributed by atoms with Gasteiger partial charge in [-0.1, -0.05) is 0 Å². The largest absolute Gasteiger partial charge is 0.382 e. The molecule has 1 aromatic rings. The van der Waals surface area contributed by atoms with E-state index in [0.29, 0.717) is 17.5 Å². The van der Waals surface area contributed by atoms with Crippen molar-refractivity contribution in [2.24, 2.45) is 5.92 Å². The van der Waals surface area contributed by atoms with Crippen LogP contribution in [-0.4, -0.2) is 36.0 Å². The first kappa shape index (κ1) is 15.8. The number of nitro groups is 1. The zero-order chi connectivity index (χ0) is 15.6. The minimum absolute atomic E-state index is 0.191. The van der Waals surface area contributed by atoms with Crippen LogP contribution in [0.3, 0.4) is 0 Å². The van der Waals surface area contributed by atoms with E-state index in [2.05, 4.69) is 24.2 Å². The van der Waals surface area contributed by atoms with Crippen molar-refractivity contribution in [3.05, 3.63) is 33.4 Å². The standard InChI is InChI=1S/C16H25N3O2/c1-11-8-12(2)16(19(20)21)9-15(11)17-13(3)14-6-5-7-18(4)10-14/h8-9,13-14,17H,5-7,10H2,1-4H3. The monoisotopic (exact) mass is 291 g/mol. The molecule has 5 heteroatoms. The van der Waals surface area contributed by atoms with Crippen molar-refractivity contribution in [1.82, 2.24) is 4.90 Å². The number of hydrogen-bond donors (Lipinski definition) is 1. The topological polar surface area (TPSA) is 58.4 Å². The fraction of sp³-hybridized carbons (Fsp3) is 0.625. The number of nitrogens with one attached hydrogen (secondary N) is 1. The number of nitrogens with zero attached hydrogens (tertiary/aromatic N) is 2.